The van der Waals surface area contributed by atoms with Crippen LogP contribution >= 0.6 is 0 Å². The second-order valence-electron chi connectivity index (χ2n) is 5.55. The quantitative estimate of drug-likeness (QED) is 0.798. The summed E-state index contributed by atoms with van der Waals surface area (Å²) < 4.78 is 11.4. The van der Waals surface area contributed by atoms with Crippen LogP contribution in [0.2, 0.25) is 0 Å². The lowest BCUT2D eigenvalue weighted by Crippen LogP contribution is -2.52. The van der Waals surface area contributed by atoms with Crippen molar-refractivity contribution in [1.82, 2.24) is 5.32 Å². The summed E-state index contributed by atoms with van der Waals surface area (Å²) in [4.78, 5) is 0. The fourth-order valence-electron chi connectivity index (χ4n) is 2.93. The van der Waals surface area contributed by atoms with Crippen molar-refractivity contribution in [3.8, 4) is 0 Å². The first-order chi connectivity index (χ1) is 7.63. The normalized spacial score (nSPS) is 38.1. The predicted molar refractivity (Wildman–Crippen MR) is 64.6 cm³/mol. The Morgan fingerprint density at radius 2 is 1.88 bits per heavy atom. The molecule has 1 heterocycles. The van der Waals surface area contributed by atoms with Crippen molar-refractivity contribution in [2.75, 3.05) is 13.7 Å². The number of rotatable bonds is 4. The van der Waals surface area contributed by atoms with E-state index in [0.717, 1.165) is 19.4 Å². The van der Waals surface area contributed by atoms with Crippen LogP contribution in [0, 0.1) is 0 Å². The van der Waals surface area contributed by atoms with E-state index in [4.69, 9.17) is 9.47 Å². The highest BCUT2D eigenvalue weighted by Gasteiger charge is 2.37. The smallest absolute Gasteiger partial charge is 0.0802 e. The van der Waals surface area contributed by atoms with Gasteiger partial charge in [-0.1, -0.05) is 0 Å². The Hall–Kier alpha value is -0.120. The van der Waals surface area contributed by atoms with E-state index >= 15 is 0 Å². The summed E-state index contributed by atoms with van der Waals surface area (Å²) in [5, 5.41) is 3.67. The molecule has 0 bridgehead atoms. The molecule has 0 spiro atoms. The van der Waals surface area contributed by atoms with Crippen molar-refractivity contribution in [3.63, 3.8) is 0 Å². The Bertz CT molecular complexity index is 212. The second-order valence-corrected chi connectivity index (χ2v) is 5.55. The SMILES string of the molecule is COC1(CNC2CC(C)OC(C)C2)CCC1. The summed E-state index contributed by atoms with van der Waals surface area (Å²) in [5.74, 6) is 0. The molecule has 1 aliphatic heterocycles. The molecule has 1 saturated carbocycles. The lowest BCUT2D eigenvalue weighted by atomic mass is 9.79. The molecule has 1 aliphatic carbocycles. The van der Waals surface area contributed by atoms with Gasteiger partial charge in [0.15, 0.2) is 0 Å². The van der Waals surface area contributed by atoms with Crippen molar-refractivity contribution >= 4 is 0 Å². The maximum absolute atomic E-state index is 5.74. The van der Waals surface area contributed by atoms with Crippen molar-refractivity contribution in [1.29, 1.82) is 0 Å². The first-order valence-electron chi connectivity index (χ1n) is 6.57. The van der Waals surface area contributed by atoms with Gasteiger partial charge in [-0.3, -0.25) is 0 Å². The molecule has 2 fully saturated rings. The maximum Gasteiger partial charge on any atom is 0.0802 e. The van der Waals surface area contributed by atoms with Crippen molar-refractivity contribution in [2.45, 2.75) is 69.8 Å². The molecular weight excluding hydrogens is 202 g/mol. The molecule has 0 amide bonds. The van der Waals surface area contributed by atoms with E-state index < -0.39 is 0 Å². The first kappa shape index (κ1) is 12.3. The van der Waals surface area contributed by atoms with Crippen molar-refractivity contribution < 1.29 is 9.47 Å². The van der Waals surface area contributed by atoms with Gasteiger partial charge in [-0.25, -0.2) is 0 Å². The van der Waals surface area contributed by atoms with Gasteiger partial charge in [0.25, 0.3) is 0 Å². The van der Waals surface area contributed by atoms with Gasteiger partial charge in [-0.15, -0.1) is 0 Å². The summed E-state index contributed by atoms with van der Waals surface area (Å²) in [6.45, 7) is 5.34. The monoisotopic (exact) mass is 227 g/mol. The molecule has 2 atom stereocenters. The van der Waals surface area contributed by atoms with Crippen LogP contribution < -0.4 is 5.32 Å². The summed E-state index contributed by atoms with van der Waals surface area (Å²) in [6.07, 6.45) is 6.78. The minimum Gasteiger partial charge on any atom is -0.377 e. The lowest BCUT2D eigenvalue weighted by Gasteiger charge is -2.42. The largest absolute Gasteiger partial charge is 0.377 e. The second kappa shape index (κ2) is 5.03. The zero-order valence-corrected chi connectivity index (χ0v) is 10.8. The molecule has 0 radical (unpaired) electrons. The van der Waals surface area contributed by atoms with Crippen molar-refractivity contribution in [3.05, 3.63) is 0 Å². The van der Waals surface area contributed by atoms with Crippen LogP contribution in [0.3, 0.4) is 0 Å². The molecule has 2 aliphatic rings. The minimum absolute atomic E-state index is 0.144. The number of methoxy groups -OCH3 is 1. The van der Waals surface area contributed by atoms with E-state index in [1.165, 1.54) is 19.3 Å². The van der Waals surface area contributed by atoms with Crippen LogP contribution in [0.15, 0.2) is 0 Å². The van der Waals surface area contributed by atoms with Crippen LogP contribution in [0.5, 0.6) is 0 Å². The third-order valence-corrected chi connectivity index (χ3v) is 4.11. The number of nitrogens with one attached hydrogen (secondary N) is 1. The molecule has 94 valence electrons. The highest BCUT2D eigenvalue weighted by molar-refractivity contribution is 4.93. The third kappa shape index (κ3) is 2.76. The van der Waals surface area contributed by atoms with Gasteiger partial charge in [0.1, 0.15) is 0 Å². The minimum atomic E-state index is 0.144. The average molecular weight is 227 g/mol. The Balaban J connectivity index is 1.76. The Morgan fingerprint density at radius 1 is 1.25 bits per heavy atom. The highest BCUT2D eigenvalue weighted by Crippen LogP contribution is 2.34. The van der Waals surface area contributed by atoms with Gasteiger partial charge in [0, 0.05) is 19.7 Å². The van der Waals surface area contributed by atoms with E-state index in [1.807, 2.05) is 7.11 Å². The van der Waals surface area contributed by atoms with E-state index in [1.54, 1.807) is 0 Å². The van der Waals surface area contributed by atoms with Crippen LogP contribution in [0.25, 0.3) is 0 Å². The van der Waals surface area contributed by atoms with Gasteiger partial charge < -0.3 is 14.8 Å². The standard InChI is InChI=1S/C13H25NO2/c1-10-7-12(8-11(2)16-10)14-9-13(15-3)5-4-6-13/h10-12,14H,4-9H2,1-3H3. The molecule has 16 heavy (non-hydrogen) atoms. The average Bonchev–Trinajstić information content (AvgIpc) is 2.15. The van der Waals surface area contributed by atoms with Crippen molar-refractivity contribution in [2.24, 2.45) is 0 Å². The molecule has 2 unspecified atom stereocenters. The number of ether oxygens (including phenoxy) is 2. The van der Waals surface area contributed by atoms with E-state index in [-0.39, 0.29) is 5.60 Å². The summed E-state index contributed by atoms with van der Waals surface area (Å²) in [5.41, 5.74) is 0.144. The summed E-state index contributed by atoms with van der Waals surface area (Å²) in [7, 11) is 1.84. The highest BCUT2D eigenvalue weighted by atomic mass is 16.5. The zero-order valence-electron chi connectivity index (χ0n) is 10.8. The molecule has 3 nitrogen and oxygen atoms in total. The lowest BCUT2D eigenvalue weighted by molar-refractivity contribution is -0.0799. The summed E-state index contributed by atoms with van der Waals surface area (Å²) in [6, 6.07) is 0.603. The van der Waals surface area contributed by atoms with E-state index in [9.17, 15) is 0 Å². The molecule has 0 aromatic rings. The molecule has 1 N–H and O–H groups in total. The van der Waals surface area contributed by atoms with E-state index in [2.05, 4.69) is 19.2 Å². The van der Waals surface area contributed by atoms with Crippen LogP contribution in [-0.4, -0.2) is 37.5 Å². The molecular formula is C13H25NO2. The first-order valence-corrected chi connectivity index (χ1v) is 6.57. The van der Waals surface area contributed by atoms with Gasteiger partial charge in [0.05, 0.1) is 17.8 Å². The number of hydrogen-bond donors (Lipinski definition) is 1. The van der Waals surface area contributed by atoms with Gasteiger partial charge >= 0.3 is 0 Å². The predicted octanol–water partition coefficient (Wildman–Crippen LogP) is 2.10. The Morgan fingerprint density at radius 3 is 2.31 bits per heavy atom. The van der Waals surface area contributed by atoms with Gasteiger partial charge in [-0.2, -0.15) is 0 Å². The molecule has 1 saturated heterocycles. The fraction of sp³-hybridized carbons (Fsp3) is 1.00. The fourth-order valence-corrected chi connectivity index (χ4v) is 2.93. The van der Waals surface area contributed by atoms with Crippen LogP contribution in [0.1, 0.15) is 46.0 Å². The molecule has 3 heteroatoms. The van der Waals surface area contributed by atoms with Crippen LogP contribution in [0.4, 0.5) is 0 Å². The molecule has 0 aromatic heterocycles. The maximum atomic E-state index is 5.74. The molecule has 2 rings (SSSR count). The zero-order chi connectivity index (χ0) is 11.6. The molecule has 0 aromatic carbocycles. The summed E-state index contributed by atoms with van der Waals surface area (Å²) >= 11 is 0. The van der Waals surface area contributed by atoms with E-state index in [0.29, 0.717) is 18.2 Å². The van der Waals surface area contributed by atoms with Gasteiger partial charge in [0.2, 0.25) is 0 Å². The Labute approximate surface area is 98.9 Å². The Kier molecular flexibility index (Phi) is 3.88. The topological polar surface area (TPSA) is 30.5 Å². The third-order valence-electron chi connectivity index (χ3n) is 4.11. The van der Waals surface area contributed by atoms with Gasteiger partial charge in [-0.05, 0) is 46.0 Å². The number of hydrogen-bond acceptors (Lipinski definition) is 3. The van der Waals surface area contributed by atoms with Crippen LogP contribution in [-0.2, 0) is 9.47 Å².